The Balaban J connectivity index is 2.12. The Labute approximate surface area is 154 Å². The lowest BCUT2D eigenvalue weighted by atomic mass is 10.2. The summed E-state index contributed by atoms with van der Waals surface area (Å²) in [6.07, 6.45) is 9.43. The van der Waals surface area contributed by atoms with E-state index in [1.807, 2.05) is 54.6 Å². The molecule has 2 heterocycles. The molecule has 0 fully saturated rings. The van der Waals surface area contributed by atoms with Crippen LogP contribution in [0.3, 0.4) is 0 Å². The smallest absolute Gasteiger partial charge is 0.163 e. The maximum absolute atomic E-state index is 5.61. The fraction of sp³-hybridized carbons (Fsp3) is 0. The Hall–Kier alpha value is -3.93. The zero-order valence-electron chi connectivity index (χ0n) is 14.3. The summed E-state index contributed by atoms with van der Waals surface area (Å²) in [4.78, 5) is 21.6. The van der Waals surface area contributed by atoms with Gasteiger partial charge in [-0.15, -0.1) is 0 Å². The minimum absolute atomic E-state index is 0.583. The summed E-state index contributed by atoms with van der Waals surface area (Å²) in [5.74, 6) is 0. The zero-order valence-corrected chi connectivity index (χ0v) is 14.3. The number of aromatic nitrogens is 5. The van der Waals surface area contributed by atoms with Gasteiger partial charge in [-0.2, -0.15) is 0 Å². The molecule has 0 aliphatic heterocycles. The van der Waals surface area contributed by atoms with Crippen LogP contribution < -0.4 is 0 Å². The molecule has 0 saturated carbocycles. The third-order valence-corrected chi connectivity index (χ3v) is 3.79. The minimum atomic E-state index is 0.583. The molecule has 0 aliphatic carbocycles. The van der Waals surface area contributed by atoms with E-state index in [-0.39, 0.29) is 0 Å². The first-order valence-corrected chi connectivity index (χ1v) is 8.32. The molecule has 0 aliphatic rings. The van der Waals surface area contributed by atoms with Crippen molar-refractivity contribution in [2.75, 3.05) is 0 Å². The van der Waals surface area contributed by atoms with Gasteiger partial charge in [0.15, 0.2) is 5.65 Å². The average molecular weight is 353 g/mol. The van der Waals surface area contributed by atoms with E-state index in [0.717, 1.165) is 21.8 Å². The molecule has 0 unspecified atom stereocenters. The number of hydrogen-bond acceptors (Lipinski definition) is 6. The second-order valence-electron chi connectivity index (χ2n) is 5.55. The molecule has 6 heteroatoms. The van der Waals surface area contributed by atoms with Gasteiger partial charge in [0.1, 0.15) is 18.2 Å². The lowest BCUT2D eigenvalue weighted by molar-refractivity contribution is 0.601. The number of fused-ring (bicyclic) bond motifs is 2. The van der Waals surface area contributed by atoms with Gasteiger partial charge in [-0.1, -0.05) is 24.3 Å². The van der Waals surface area contributed by atoms with Gasteiger partial charge in [-0.3, -0.25) is 9.97 Å². The van der Waals surface area contributed by atoms with Gasteiger partial charge < -0.3 is 4.42 Å². The summed E-state index contributed by atoms with van der Waals surface area (Å²) in [5, 5.41) is 1.77. The van der Waals surface area contributed by atoms with Crippen LogP contribution in [-0.2, 0) is 0 Å². The normalized spacial score (nSPS) is 10.2. The van der Waals surface area contributed by atoms with E-state index in [4.69, 9.17) is 9.40 Å². The number of hydrogen-bond donors (Lipinski definition) is 0. The van der Waals surface area contributed by atoms with Crippen LogP contribution in [0.25, 0.3) is 33.0 Å². The van der Waals surface area contributed by atoms with E-state index >= 15 is 0 Å². The summed E-state index contributed by atoms with van der Waals surface area (Å²) in [6.45, 7) is 0. The molecule has 0 atom stereocenters. The Bertz CT molecular complexity index is 1250. The first-order valence-electron chi connectivity index (χ1n) is 8.32. The van der Waals surface area contributed by atoms with Crippen molar-refractivity contribution < 1.29 is 4.42 Å². The first-order chi connectivity index (χ1) is 13.4. The number of benzene rings is 2. The van der Waals surface area contributed by atoms with Gasteiger partial charge in [0, 0.05) is 29.4 Å². The van der Waals surface area contributed by atoms with Gasteiger partial charge in [-0.25, -0.2) is 15.0 Å². The quantitative estimate of drug-likeness (QED) is 0.462. The molecule has 0 radical (unpaired) electrons. The van der Waals surface area contributed by atoms with E-state index in [9.17, 15) is 0 Å². The van der Waals surface area contributed by atoms with E-state index < -0.39 is 0 Å². The SMILES string of the molecule is c1ccc2nc3ncnc4ccc(cc43)occnccncccc2c1. The molecule has 0 saturated heterocycles. The fourth-order valence-electron chi connectivity index (χ4n) is 2.55. The summed E-state index contributed by atoms with van der Waals surface area (Å²) >= 11 is 0. The van der Waals surface area contributed by atoms with Crippen molar-refractivity contribution in [3.8, 4) is 0 Å². The summed E-state index contributed by atoms with van der Waals surface area (Å²) in [7, 11) is 0. The van der Waals surface area contributed by atoms with E-state index in [1.165, 1.54) is 12.6 Å². The predicted molar refractivity (Wildman–Crippen MR) is 104 cm³/mol. The molecule has 27 heavy (non-hydrogen) atoms. The Morgan fingerprint density at radius 1 is 0.704 bits per heavy atom. The monoisotopic (exact) mass is 353 g/mol. The molecule has 4 aromatic rings. The second-order valence-corrected chi connectivity index (χ2v) is 5.55. The van der Waals surface area contributed by atoms with Crippen molar-refractivity contribution in [2.45, 2.75) is 0 Å². The van der Waals surface area contributed by atoms with Crippen LogP contribution in [0.15, 0.2) is 96.4 Å². The van der Waals surface area contributed by atoms with Crippen LogP contribution in [0.2, 0.25) is 0 Å². The van der Waals surface area contributed by atoms with Crippen molar-refractivity contribution in [2.24, 2.45) is 0 Å². The number of rotatable bonds is 0. The highest BCUT2D eigenvalue weighted by Gasteiger charge is 2.00. The van der Waals surface area contributed by atoms with Crippen molar-refractivity contribution in [3.05, 3.63) is 92.0 Å². The van der Waals surface area contributed by atoms with Gasteiger partial charge in [0.2, 0.25) is 0 Å². The highest BCUT2D eigenvalue weighted by Crippen LogP contribution is 2.17. The van der Waals surface area contributed by atoms with Crippen molar-refractivity contribution >= 4 is 33.0 Å². The summed E-state index contributed by atoms with van der Waals surface area (Å²) < 4.78 is 5.61. The van der Waals surface area contributed by atoms with Gasteiger partial charge in [0.25, 0.3) is 0 Å². The van der Waals surface area contributed by atoms with E-state index in [1.54, 1.807) is 24.8 Å². The molecule has 0 N–H and O–H groups in total. The highest BCUT2D eigenvalue weighted by molar-refractivity contribution is 5.94. The fourth-order valence-corrected chi connectivity index (χ4v) is 2.55. The maximum atomic E-state index is 5.61. The van der Waals surface area contributed by atoms with Crippen molar-refractivity contribution in [1.29, 1.82) is 0 Å². The molecule has 0 spiro atoms. The van der Waals surface area contributed by atoms with Crippen LogP contribution in [0, 0.1) is 0 Å². The predicted octanol–water partition coefficient (Wildman–Crippen LogP) is 4.53. The van der Waals surface area contributed by atoms with E-state index in [0.29, 0.717) is 11.2 Å². The molecule has 2 aromatic heterocycles. The van der Waals surface area contributed by atoms with Gasteiger partial charge in [0.05, 0.1) is 17.2 Å². The molecule has 6 nitrogen and oxygen atoms in total. The molecular formula is C21H15N5O. The van der Waals surface area contributed by atoms with Crippen LogP contribution in [-0.4, -0.2) is 24.9 Å². The largest absolute Gasteiger partial charge is 0.463 e. The first kappa shape index (κ1) is 16.5. The average Bonchev–Trinajstić information content (AvgIpc) is 2.70. The lowest BCUT2D eigenvalue weighted by Crippen LogP contribution is -1.86. The standard InChI is InChI=1S/C21H15N5O/c1-2-6-19-16(4-1)5-3-9-22-10-11-23-12-13-27-17-7-8-20-18(14-17)21(26-19)25-15-24-20/h1-15H. The van der Waals surface area contributed by atoms with Crippen LogP contribution in [0.4, 0.5) is 0 Å². The topological polar surface area (TPSA) is 77.6 Å². The maximum Gasteiger partial charge on any atom is 0.163 e. The number of para-hydroxylation sites is 1. The molecule has 130 valence electrons. The van der Waals surface area contributed by atoms with Crippen molar-refractivity contribution in [1.82, 2.24) is 24.9 Å². The third kappa shape index (κ3) is 4.01. The highest BCUT2D eigenvalue weighted by atomic mass is 16.3. The molecular weight excluding hydrogens is 338 g/mol. The Morgan fingerprint density at radius 3 is 2.52 bits per heavy atom. The second kappa shape index (κ2) is 7.97. The molecule has 4 rings (SSSR count). The van der Waals surface area contributed by atoms with Crippen LogP contribution in [0.1, 0.15) is 0 Å². The van der Waals surface area contributed by atoms with Crippen molar-refractivity contribution in [3.63, 3.8) is 0 Å². The number of nitrogens with zero attached hydrogens (tertiary/aromatic N) is 5. The summed E-state index contributed by atoms with van der Waals surface area (Å²) in [5.41, 5.74) is 2.84. The zero-order chi connectivity index (χ0) is 18.3. The molecule has 2 bridgehead atoms. The molecule has 2 aromatic carbocycles. The summed E-state index contributed by atoms with van der Waals surface area (Å²) in [6, 6.07) is 17.2. The van der Waals surface area contributed by atoms with E-state index in [2.05, 4.69) is 19.9 Å². The Kier molecular flexibility index (Phi) is 4.88. The third-order valence-electron chi connectivity index (χ3n) is 3.79. The Morgan fingerprint density at radius 2 is 1.56 bits per heavy atom. The minimum Gasteiger partial charge on any atom is -0.463 e. The van der Waals surface area contributed by atoms with Gasteiger partial charge in [-0.05, 0) is 30.3 Å². The lowest BCUT2D eigenvalue weighted by Gasteiger charge is -1.98. The van der Waals surface area contributed by atoms with Crippen LogP contribution in [0.5, 0.6) is 0 Å². The van der Waals surface area contributed by atoms with Gasteiger partial charge >= 0.3 is 0 Å². The van der Waals surface area contributed by atoms with Crippen LogP contribution >= 0.6 is 0 Å². The molecule has 0 amide bonds.